The standard InChI is InChI=1S/C14H29N/c1-5-11(2)10-15-13(4)14-8-6-12(3)7-9-14/h11-15H,5-10H2,1-4H3. The lowest BCUT2D eigenvalue weighted by atomic mass is 9.79. The van der Waals surface area contributed by atoms with E-state index in [-0.39, 0.29) is 0 Å². The van der Waals surface area contributed by atoms with E-state index < -0.39 is 0 Å². The second kappa shape index (κ2) is 6.52. The maximum absolute atomic E-state index is 3.72. The van der Waals surface area contributed by atoms with Crippen molar-refractivity contribution in [2.24, 2.45) is 17.8 Å². The molecular formula is C14H29N. The average Bonchev–Trinajstić information content (AvgIpc) is 2.26. The second-order valence-corrected chi connectivity index (χ2v) is 5.73. The maximum atomic E-state index is 3.72. The summed E-state index contributed by atoms with van der Waals surface area (Å²) in [6.45, 7) is 10.6. The highest BCUT2D eigenvalue weighted by Crippen LogP contribution is 2.30. The fourth-order valence-electron chi connectivity index (χ4n) is 2.48. The third-order valence-electron chi connectivity index (χ3n) is 4.25. The molecule has 0 aromatic rings. The lowest BCUT2D eigenvalue weighted by Crippen LogP contribution is -2.37. The molecule has 90 valence electrons. The van der Waals surface area contributed by atoms with Gasteiger partial charge in [-0.2, -0.15) is 0 Å². The molecule has 0 aliphatic heterocycles. The molecule has 0 heterocycles. The van der Waals surface area contributed by atoms with Crippen molar-refractivity contribution >= 4 is 0 Å². The first-order valence-corrected chi connectivity index (χ1v) is 6.86. The molecule has 2 atom stereocenters. The molecule has 1 nitrogen and oxygen atoms in total. The first-order chi connectivity index (χ1) is 7.13. The summed E-state index contributed by atoms with van der Waals surface area (Å²) in [5, 5.41) is 3.72. The first kappa shape index (κ1) is 13.0. The van der Waals surface area contributed by atoms with E-state index in [1.807, 2.05) is 0 Å². The molecule has 0 aromatic heterocycles. The molecule has 0 aromatic carbocycles. The zero-order valence-electron chi connectivity index (χ0n) is 11.1. The lowest BCUT2D eigenvalue weighted by molar-refractivity contribution is 0.234. The summed E-state index contributed by atoms with van der Waals surface area (Å²) in [5.41, 5.74) is 0. The molecular weight excluding hydrogens is 182 g/mol. The summed E-state index contributed by atoms with van der Waals surface area (Å²) in [6, 6.07) is 0.728. The van der Waals surface area contributed by atoms with Crippen molar-refractivity contribution in [3.8, 4) is 0 Å². The van der Waals surface area contributed by atoms with E-state index in [4.69, 9.17) is 0 Å². The zero-order valence-corrected chi connectivity index (χ0v) is 11.1. The van der Waals surface area contributed by atoms with Crippen molar-refractivity contribution in [2.75, 3.05) is 6.54 Å². The molecule has 0 bridgehead atoms. The van der Waals surface area contributed by atoms with Crippen LogP contribution in [0, 0.1) is 17.8 Å². The molecule has 0 saturated heterocycles. The highest BCUT2D eigenvalue weighted by atomic mass is 14.9. The molecule has 1 rings (SSSR count). The molecule has 15 heavy (non-hydrogen) atoms. The van der Waals surface area contributed by atoms with Crippen molar-refractivity contribution in [3.63, 3.8) is 0 Å². The Morgan fingerprint density at radius 1 is 1.13 bits per heavy atom. The van der Waals surface area contributed by atoms with Gasteiger partial charge < -0.3 is 5.32 Å². The normalized spacial score (nSPS) is 31.2. The molecule has 1 N–H and O–H groups in total. The Labute approximate surface area is 96.0 Å². The smallest absolute Gasteiger partial charge is 0.00671 e. The highest BCUT2D eigenvalue weighted by Gasteiger charge is 2.22. The summed E-state index contributed by atoms with van der Waals surface area (Å²) >= 11 is 0. The van der Waals surface area contributed by atoms with Crippen LogP contribution < -0.4 is 5.32 Å². The van der Waals surface area contributed by atoms with Crippen molar-refractivity contribution in [3.05, 3.63) is 0 Å². The minimum atomic E-state index is 0.728. The second-order valence-electron chi connectivity index (χ2n) is 5.73. The van der Waals surface area contributed by atoms with E-state index in [0.717, 1.165) is 23.8 Å². The van der Waals surface area contributed by atoms with E-state index >= 15 is 0 Å². The molecule has 2 unspecified atom stereocenters. The third-order valence-corrected chi connectivity index (χ3v) is 4.25. The Kier molecular flexibility index (Phi) is 5.66. The van der Waals surface area contributed by atoms with Gasteiger partial charge in [0.15, 0.2) is 0 Å². The fraction of sp³-hybridized carbons (Fsp3) is 1.00. The number of nitrogens with one attached hydrogen (secondary N) is 1. The minimum absolute atomic E-state index is 0.728. The van der Waals surface area contributed by atoms with Crippen molar-refractivity contribution < 1.29 is 0 Å². The van der Waals surface area contributed by atoms with Gasteiger partial charge in [-0.3, -0.25) is 0 Å². The molecule has 1 aliphatic carbocycles. The van der Waals surface area contributed by atoms with Gasteiger partial charge in [0.25, 0.3) is 0 Å². The van der Waals surface area contributed by atoms with Crippen LogP contribution in [0.25, 0.3) is 0 Å². The van der Waals surface area contributed by atoms with E-state index in [1.165, 1.54) is 38.6 Å². The average molecular weight is 211 g/mol. The summed E-state index contributed by atoms with van der Waals surface area (Å²) in [4.78, 5) is 0. The molecule has 1 aliphatic rings. The van der Waals surface area contributed by atoms with E-state index in [0.29, 0.717) is 0 Å². The van der Waals surface area contributed by atoms with Crippen molar-refractivity contribution in [1.82, 2.24) is 5.32 Å². The third kappa shape index (κ3) is 4.55. The molecule has 1 fully saturated rings. The minimum Gasteiger partial charge on any atom is -0.314 e. The van der Waals surface area contributed by atoms with E-state index in [2.05, 4.69) is 33.0 Å². The molecule has 0 amide bonds. The Morgan fingerprint density at radius 3 is 2.27 bits per heavy atom. The maximum Gasteiger partial charge on any atom is 0.00671 e. The van der Waals surface area contributed by atoms with Gasteiger partial charge in [0.2, 0.25) is 0 Å². The monoisotopic (exact) mass is 211 g/mol. The Morgan fingerprint density at radius 2 is 1.73 bits per heavy atom. The Hall–Kier alpha value is -0.0400. The SMILES string of the molecule is CCC(C)CNC(C)C1CCC(C)CC1. The van der Waals surface area contributed by atoms with Gasteiger partial charge in [0.1, 0.15) is 0 Å². The fourth-order valence-corrected chi connectivity index (χ4v) is 2.48. The quantitative estimate of drug-likeness (QED) is 0.728. The predicted octanol–water partition coefficient (Wildman–Crippen LogP) is 3.84. The van der Waals surface area contributed by atoms with Crippen LogP contribution in [-0.4, -0.2) is 12.6 Å². The van der Waals surface area contributed by atoms with Crippen LogP contribution in [0.2, 0.25) is 0 Å². The van der Waals surface area contributed by atoms with Crippen LogP contribution in [0.4, 0.5) is 0 Å². The predicted molar refractivity (Wildman–Crippen MR) is 68.0 cm³/mol. The van der Waals surface area contributed by atoms with Crippen LogP contribution in [-0.2, 0) is 0 Å². The Balaban J connectivity index is 2.19. The number of hydrogen-bond donors (Lipinski definition) is 1. The van der Waals surface area contributed by atoms with Crippen LogP contribution >= 0.6 is 0 Å². The summed E-state index contributed by atoms with van der Waals surface area (Å²) in [5.74, 6) is 2.74. The molecule has 1 heteroatoms. The van der Waals surface area contributed by atoms with Gasteiger partial charge in [-0.1, -0.05) is 40.0 Å². The molecule has 1 saturated carbocycles. The van der Waals surface area contributed by atoms with Crippen molar-refractivity contribution in [2.45, 2.75) is 65.8 Å². The van der Waals surface area contributed by atoms with Crippen LogP contribution in [0.15, 0.2) is 0 Å². The van der Waals surface area contributed by atoms with Gasteiger partial charge in [-0.05, 0) is 44.1 Å². The van der Waals surface area contributed by atoms with Crippen LogP contribution in [0.3, 0.4) is 0 Å². The lowest BCUT2D eigenvalue weighted by Gasteiger charge is -2.31. The largest absolute Gasteiger partial charge is 0.314 e. The number of rotatable bonds is 5. The summed E-state index contributed by atoms with van der Waals surface area (Å²) in [6.07, 6.45) is 7.06. The zero-order chi connectivity index (χ0) is 11.3. The van der Waals surface area contributed by atoms with E-state index in [9.17, 15) is 0 Å². The Bertz CT molecular complexity index is 159. The topological polar surface area (TPSA) is 12.0 Å². The van der Waals surface area contributed by atoms with Gasteiger partial charge in [-0.15, -0.1) is 0 Å². The van der Waals surface area contributed by atoms with Gasteiger partial charge >= 0.3 is 0 Å². The van der Waals surface area contributed by atoms with Gasteiger partial charge in [0, 0.05) is 6.04 Å². The molecule has 0 spiro atoms. The van der Waals surface area contributed by atoms with Crippen LogP contribution in [0.1, 0.15) is 59.8 Å². The van der Waals surface area contributed by atoms with Gasteiger partial charge in [0.05, 0.1) is 0 Å². The van der Waals surface area contributed by atoms with Crippen molar-refractivity contribution in [1.29, 1.82) is 0 Å². The highest BCUT2D eigenvalue weighted by molar-refractivity contribution is 4.78. The first-order valence-electron chi connectivity index (χ1n) is 6.86. The van der Waals surface area contributed by atoms with Crippen LogP contribution in [0.5, 0.6) is 0 Å². The van der Waals surface area contributed by atoms with Gasteiger partial charge in [-0.25, -0.2) is 0 Å². The molecule has 0 radical (unpaired) electrons. The summed E-state index contributed by atoms with van der Waals surface area (Å²) in [7, 11) is 0. The van der Waals surface area contributed by atoms with E-state index in [1.54, 1.807) is 0 Å². The number of hydrogen-bond acceptors (Lipinski definition) is 1. The summed E-state index contributed by atoms with van der Waals surface area (Å²) < 4.78 is 0.